The van der Waals surface area contributed by atoms with Crippen LogP contribution in [0.15, 0.2) is 0 Å². The van der Waals surface area contributed by atoms with Crippen LogP contribution in [0.3, 0.4) is 0 Å². The van der Waals surface area contributed by atoms with E-state index in [1.165, 1.54) is 4.90 Å². The fourth-order valence-electron chi connectivity index (χ4n) is 1.74. The summed E-state index contributed by atoms with van der Waals surface area (Å²) in [5.41, 5.74) is 0. The van der Waals surface area contributed by atoms with Gasteiger partial charge in [-0.15, -0.1) is 0 Å². The average molecular weight is 223 g/mol. The van der Waals surface area contributed by atoms with Gasteiger partial charge in [0.05, 0.1) is 6.07 Å². The summed E-state index contributed by atoms with van der Waals surface area (Å²) in [4.78, 5) is 24.5. The zero-order chi connectivity index (χ0) is 12.1. The van der Waals surface area contributed by atoms with Crippen molar-refractivity contribution in [1.82, 2.24) is 10.2 Å². The van der Waals surface area contributed by atoms with Crippen LogP contribution in [0.5, 0.6) is 0 Å². The largest absolute Gasteiger partial charge is 0.326 e. The molecule has 0 aromatic carbocycles. The molecule has 1 atom stereocenters. The summed E-state index contributed by atoms with van der Waals surface area (Å²) in [6.07, 6.45) is 1.58. The summed E-state index contributed by atoms with van der Waals surface area (Å²) in [5, 5.41) is 11.1. The van der Waals surface area contributed by atoms with Crippen LogP contribution >= 0.6 is 0 Å². The molecule has 5 nitrogen and oxygen atoms in total. The average Bonchev–Trinajstić information content (AvgIpc) is 2.45. The number of nitrogens with one attached hydrogen (secondary N) is 1. The standard InChI is InChI=1S/C11H17N3O2/c1-8(2)7-9-10(15)14(11(16)13-9)6-4-3-5-12/h8-9H,3-4,6-7H2,1-2H3,(H,13,16). The Bertz CT molecular complexity index is 320. The number of carbonyl (C=O) groups excluding carboxylic acids is 2. The van der Waals surface area contributed by atoms with Crippen molar-refractivity contribution in [2.45, 2.75) is 39.2 Å². The van der Waals surface area contributed by atoms with E-state index in [-0.39, 0.29) is 18.0 Å². The molecule has 5 heteroatoms. The van der Waals surface area contributed by atoms with Gasteiger partial charge < -0.3 is 5.32 Å². The lowest BCUT2D eigenvalue weighted by atomic mass is 10.0. The summed E-state index contributed by atoms with van der Waals surface area (Å²) in [6.45, 7) is 4.36. The Kier molecular flexibility index (Phi) is 4.29. The fourth-order valence-corrected chi connectivity index (χ4v) is 1.74. The Morgan fingerprint density at radius 2 is 2.19 bits per heavy atom. The van der Waals surface area contributed by atoms with Crippen molar-refractivity contribution in [1.29, 1.82) is 5.26 Å². The second-order valence-electron chi connectivity index (χ2n) is 4.38. The van der Waals surface area contributed by atoms with Gasteiger partial charge in [0.25, 0.3) is 5.91 Å². The van der Waals surface area contributed by atoms with Gasteiger partial charge in [0.2, 0.25) is 0 Å². The maximum Gasteiger partial charge on any atom is 0.324 e. The van der Waals surface area contributed by atoms with Crippen molar-refractivity contribution in [3.05, 3.63) is 0 Å². The van der Waals surface area contributed by atoms with Gasteiger partial charge in [-0.2, -0.15) is 5.26 Å². The molecule has 0 aliphatic carbocycles. The van der Waals surface area contributed by atoms with Gasteiger partial charge in [-0.05, 0) is 18.8 Å². The summed E-state index contributed by atoms with van der Waals surface area (Å²) in [5.74, 6) is 0.213. The minimum Gasteiger partial charge on any atom is -0.326 e. The van der Waals surface area contributed by atoms with E-state index in [1.807, 2.05) is 19.9 Å². The molecule has 1 aliphatic heterocycles. The van der Waals surface area contributed by atoms with Crippen LogP contribution in [0.2, 0.25) is 0 Å². The third kappa shape index (κ3) is 2.96. The van der Waals surface area contributed by atoms with Crippen LogP contribution in [-0.4, -0.2) is 29.4 Å². The number of hydrogen-bond acceptors (Lipinski definition) is 3. The lowest BCUT2D eigenvalue weighted by Gasteiger charge is -2.12. The molecular formula is C11H17N3O2. The molecule has 0 bridgehead atoms. The minimum atomic E-state index is -0.380. The molecule has 0 saturated carbocycles. The van der Waals surface area contributed by atoms with Crippen molar-refractivity contribution in [2.24, 2.45) is 5.92 Å². The monoisotopic (exact) mass is 223 g/mol. The summed E-state index contributed by atoms with van der Waals surface area (Å²) >= 11 is 0. The highest BCUT2D eigenvalue weighted by atomic mass is 16.2. The molecule has 0 aromatic rings. The fraction of sp³-hybridized carbons (Fsp3) is 0.727. The Morgan fingerprint density at radius 1 is 1.50 bits per heavy atom. The number of unbranched alkanes of at least 4 members (excludes halogenated alkanes) is 1. The van der Waals surface area contributed by atoms with Crippen LogP contribution in [-0.2, 0) is 4.79 Å². The molecule has 1 fully saturated rings. The Morgan fingerprint density at radius 3 is 2.75 bits per heavy atom. The third-order valence-corrected chi connectivity index (χ3v) is 2.48. The zero-order valence-corrected chi connectivity index (χ0v) is 9.69. The zero-order valence-electron chi connectivity index (χ0n) is 9.69. The van der Waals surface area contributed by atoms with Crippen molar-refractivity contribution >= 4 is 11.9 Å². The smallest absolute Gasteiger partial charge is 0.324 e. The van der Waals surface area contributed by atoms with E-state index in [0.717, 1.165) is 0 Å². The van der Waals surface area contributed by atoms with Crippen molar-refractivity contribution < 1.29 is 9.59 Å². The lowest BCUT2D eigenvalue weighted by Crippen LogP contribution is -2.32. The van der Waals surface area contributed by atoms with Crippen molar-refractivity contribution in [3.8, 4) is 6.07 Å². The third-order valence-electron chi connectivity index (χ3n) is 2.48. The molecule has 1 saturated heterocycles. The first-order valence-corrected chi connectivity index (χ1v) is 5.55. The van der Waals surface area contributed by atoms with E-state index in [9.17, 15) is 9.59 Å². The quantitative estimate of drug-likeness (QED) is 0.563. The van der Waals surface area contributed by atoms with Crippen molar-refractivity contribution in [3.63, 3.8) is 0 Å². The van der Waals surface area contributed by atoms with Crippen molar-refractivity contribution in [2.75, 3.05) is 6.54 Å². The Labute approximate surface area is 95.4 Å². The summed E-state index contributed by atoms with van der Waals surface area (Å²) in [6, 6.07) is 1.29. The molecule has 1 N–H and O–H groups in total. The normalized spacial score (nSPS) is 20.1. The van der Waals surface area contributed by atoms with E-state index in [0.29, 0.717) is 31.7 Å². The lowest BCUT2D eigenvalue weighted by molar-refractivity contribution is -0.127. The molecule has 1 rings (SSSR count). The Balaban J connectivity index is 2.51. The molecule has 0 aromatic heterocycles. The van der Waals surface area contributed by atoms with Gasteiger partial charge in [-0.1, -0.05) is 13.8 Å². The molecule has 1 unspecified atom stereocenters. The first-order valence-electron chi connectivity index (χ1n) is 5.55. The van der Waals surface area contributed by atoms with E-state index in [4.69, 9.17) is 5.26 Å². The highest BCUT2D eigenvalue weighted by Crippen LogP contribution is 2.14. The first-order chi connectivity index (χ1) is 7.56. The van der Waals surface area contributed by atoms with E-state index in [2.05, 4.69) is 5.32 Å². The number of imide groups is 1. The number of nitriles is 1. The number of amides is 3. The van der Waals surface area contributed by atoms with Crippen LogP contribution in [0.25, 0.3) is 0 Å². The maximum atomic E-state index is 11.8. The van der Waals surface area contributed by atoms with Gasteiger partial charge in [0, 0.05) is 13.0 Å². The van der Waals surface area contributed by atoms with Gasteiger partial charge in [-0.3, -0.25) is 9.69 Å². The summed E-state index contributed by atoms with van der Waals surface area (Å²) < 4.78 is 0. The molecular weight excluding hydrogens is 206 g/mol. The number of rotatable bonds is 5. The highest BCUT2D eigenvalue weighted by Gasteiger charge is 2.37. The second-order valence-corrected chi connectivity index (χ2v) is 4.38. The summed E-state index contributed by atoms with van der Waals surface area (Å²) in [7, 11) is 0. The van der Waals surface area contributed by atoms with Gasteiger partial charge >= 0.3 is 6.03 Å². The van der Waals surface area contributed by atoms with Crippen LogP contribution < -0.4 is 5.32 Å². The molecule has 3 amide bonds. The minimum absolute atomic E-state index is 0.156. The topological polar surface area (TPSA) is 73.2 Å². The molecule has 88 valence electrons. The highest BCUT2D eigenvalue weighted by molar-refractivity contribution is 6.04. The van der Waals surface area contributed by atoms with Crippen LogP contribution in [0, 0.1) is 17.2 Å². The predicted molar refractivity (Wildman–Crippen MR) is 58.3 cm³/mol. The molecule has 16 heavy (non-hydrogen) atoms. The van der Waals surface area contributed by atoms with Gasteiger partial charge in [-0.25, -0.2) is 4.79 Å². The number of carbonyl (C=O) groups is 2. The molecule has 1 aliphatic rings. The van der Waals surface area contributed by atoms with Crippen LogP contribution in [0.1, 0.15) is 33.1 Å². The number of hydrogen-bond donors (Lipinski definition) is 1. The number of urea groups is 1. The SMILES string of the molecule is CC(C)CC1NC(=O)N(CCCC#N)C1=O. The maximum absolute atomic E-state index is 11.8. The molecule has 0 spiro atoms. The molecule has 0 radical (unpaired) electrons. The molecule has 1 heterocycles. The Hall–Kier alpha value is -1.57. The second kappa shape index (κ2) is 5.50. The van der Waals surface area contributed by atoms with E-state index >= 15 is 0 Å². The van der Waals surface area contributed by atoms with Crippen LogP contribution in [0.4, 0.5) is 4.79 Å². The number of nitrogens with zero attached hydrogens (tertiary/aromatic N) is 2. The van der Waals surface area contributed by atoms with E-state index < -0.39 is 0 Å². The van der Waals surface area contributed by atoms with Gasteiger partial charge in [0.15, 0.2) is 0 Å². The predicted octanol–water partition coefficient (Wildman–Crippen LogP) is 1.26. The van der Waals surface area contributed by atoms with Gasteiger partial charge in [0.1, 0.15) is 6.04 Å². The first kappa shape index (κ1) is 12.5. The van der Waals surface area contributed by atoms with E-state index in [1.54, 1.807) is 0 Å².